The van der Waals surface area contributed by atoms with E-state index in [4.69, 9.17) is 10.2 Å². The minimum Gasteiger partial charge on any atom is -0.480 e. The number of carboxylic acid groups (broad SMARTS) is 1. The van der Waals surface area contributed by atoms with Crippen LogP contribution in [0, 0.1) is 5.92 Å². The molecule has 0 saturated heterocycles. The van der Waals surface area contributed by atoms with Crippen LogP contribution in [0.25, 0.3) is 0 Å². The zero-order valence-electron chi connectivity index (χ0n) is 9.82. The Kier molecular flexibility index (Phi) is 5.76. The van der Waals surface area contributed by atoms with Crippen molar-refractivity contribution in [3.8, 4) is 0 Å². The second-order valence-corrected chi connectivity index (χ2v) is 4.39. The van der Waals surface area contributed by atoms with Crippen LogP contribution in [0.5, 0.6) is 0 Å². The highest BCUT2D eigenvalue weighted by atomic mass is 16.4. The van der Waals surface area contributed by atoms with E-state index in [1.165, 1.54) is 19.3 Å². The monoisotopic (exact) mass is 244 g/mol. The van der Waals surface area contributed by atoms with Crippen molar-refractivity contribution in [2.75, 3.05) is 13.2 Å². The number of amides is 2. The van der Waals surface area contributed by atoms with Gasteiger partial charge in [-0.3, -0.25) is 0 Å². The van der Waals surface area contributed by atoms with E-state index in [0.29, 0.717) is 12.5 Å². The zero-order chi connectivity index (χ0) is 12.7. The molecule has 1 atom stereocenters. The van der Waals surface area contributed by atoms with Gasteiger partial charge in [0.05, 0.1) is 0 Å². The molecule has 1 aliphatic rings. The molecule has 2 amide bonds. The van der Waals surface area contributed by atoms with E-state index in [1.54, 1.807) is 0 Å². The molecule has 6 heteroatoms. The molecule has 98 valence electrons. The van der Waals surface area contributed by atoms with Gasteiger partial charge in [-0.15, -0.1) is 0 Å². The maximum Gasteiger partial charge on any atom is 0.326 e. The topological polar surface area (TPSA) is 98.7 Å². The maximum atomic E-state index is 11.4. The molecule has 0 heterocycles. The van der Waals surface area contributed by atoms with Crippen LogP contribution in [0.1, 0.15) is 32.1 Å². The molecule has 0 unspecified atom stereocenters. The van der Waals surface area contributed by atoms with Gasteiger partial charge in [-0.25, -0.2) is 9.59 Å². The fourth-order valence-corrected chi connectivity index (χ4v) is 1.77. The van der Waals surface area contributed by atoms with E-state index in [2.05, 4.69) is 10.6 Å². The first-order valence-corrected chi connectivity index (χ1v) is 6.01. The highest BCUT2D eigenvalue weighted by Gasteiger charge is 2.20. The second-order valence-electron chi connectivity index (χ2n) is 4.39. The lowest BCUT2D eigenvalue weighted by atomic mass is 9.83. The normalized spacial score (nSPS) is 17.0. The average Bonchev–Trinajstić information content (AvgIpc) is 2.21. The number of rotatable bonds is 7. The quantitative estimate of drug-likeness (QED) is 0.518. The Labute approximate surface area is 100 Å². The van der Waals surface area contributed by atoms with Crippen molar-refractivity contribution in [1.29, 1.82) is 0 Å². The standard InChI is InChI=1S/C11H20N2O4/c14-7-5-9(10(15)16)13-11(17)12-6-4-8-2-1-3-8/h8-9,14H,1-7H2,(H,15,16)(H2,12,13,17)/t9-/m0/s1. The number of carbonyl (C=O) groups excluding carboxylic acids is 1. The summed E-state index contributed by atoms with van der Waals surface area (Å²) in [5.41, 5.74) is 0. The Morgan fingerprint density at radius 1 is 1.35 bits per heavy atom. The molecule has 0 bridgehead atoms. The summed E-state index contributed by atoms with van der Waals surface area (Å²) in [6, 6.07) is -1.51. The molecular weight excluding hydrogens is 224 g/mol. The molecule has 0 spiro atoms. The summed E-state index contributed by atoms with van der Waals surface area (Å²) < 4.78 is 0. The van der Waals surface area contributed by atoms with Crippen LogP contribution in [-0.4, -0.2) is 41.4 Å². The number of nitrogens with one attached hydrogen (secondary N) is 2. The summed E-state index contributed by atoms with van der Waals surface area (Å²) >= 11 is 0. The number of carbonyl (C=O) groups is 2. The van der Waals surface area contributed by atoms with Crippen molar-refractivity contribution in [3.63, 3.8) is 0 Å². The predicted molar refractivity (Wildman–Crippen MR) is 61.6 cm³/mol. The molecule has 0 radical (unpaired) electrons. The van der Waals surface area contributed by atoms with Gasteiger partial charge in [0, 0.05) is 19.6 Å². The van der Waals surface area contributed by atoms with Gasteiger partial charge in [-0.1, -0.05) is 19.3 Å². The maximum absolute atomic E-state index is 11.4. The molecule has 1 rings (SSSR count). The third-order valence-corrected chi connectivity index (χ3v) is 3.08. The molecule has 1 fully saturated rings. The van der Waals surface area contributed by atoms with Crippen molar-refractivity contribution in [2.45, 2.75) is 38.1 Å². The Bertz CT molecular complexity index is 266. The summed E-state index contributed by atoms with van der Waals surface area (Å²) in [6.45, 7) is 0.307. The predicted octanol–water partition coefficient (Wildman–Crippen LogP) is 0.311. The Morgan fingerprint density at radius 3 is 2.53 bits per heavy atom. The summed E-state index contributed by atoms with van der Waals surface area (Å²) in [7, 11) is 0. The summed E-state index contributed by atoms with van der Waals surface area (Å²) in [5, 5.41) is 22.4. The Balaban J connectivity index is 2.14. The van der Waals surface area contributed by atoms with Crippen LogP contribution in [0.3, 0.4) is 0 Å². The SMILES string of the molecule is O=C(NCCC1CCC1)N[C@@H](CCO)C(=O)O. The number of aliphatic carboxylic acids is 1. The van der Waals surface area contributed by atoms with E-state index in [1.807, 2.05) is 0 Å². The van der Waals surface area contributed by atoms with Crippen molar-refractivity contribution < 1.29 is 19.8 Å². The third-order valence-electron chi connectivity index (χ3n) is 3.08. The molecule has 0 aromatic rings. The van der Waals surface area contributed by atoms with Gasteiger partial charge in [0.25, 0.3) is 0 Å². The lowest BCUT2D eigenvalue weighted by Gasteiger charge is -2.25. The van der Waals surface area contributed by atoms with Crippen LogP contribution in [-0.2, 0) is 4.79 Å². The van der Waals surface area contributed by atoms with Crippen LogP contribution in [0.2, 0.25) is 0 Å². The number of carboxylic acids is 1. The van der Waals surface area contributed by atoms with Crippen LogP contribution >= 0.6 is 0 Å². The van der Waals surface area contributed by atoms with Crippen molar-refractivity contribution in [1.82, 2.24) is 10.6 Å². The van der Waals surface area contributed by atoms with E-state index >= 15 is 0 Å². The van der Waals surface area contributed by atoms with Crippen molar-refractivity contribution >= 4 is 12.0 Å². The van der Waals surface area contributed by atoms with Gasteiger partial charge in [0.15, 0.2) is 0 Å². The Morgan fingerprint density at radius 2 is 2.06 bits per heavy atom. The lowest BCUT2D eigenvalue weighted by Crippen LogP contribution is -2.46. The van der Waals surface area contributed by atoms with Crippen molar-refractivity contribution in [2.24, 2.45) is 5.92 Å². The van der Waals surface area contributed by atoms with Crippen molar-refractivity contribution in [3.05, 3.63) is 0 Å². The second kappa shape index (κ2) is 7.11. The summed E-state index contributed by atoms with van der Waals surface area (Å²) in [4.78, 5) is 22.1. The van der Waals surface area contributed by atoms with E-state index in [0.717, 1.165) is 6.42 Å². The van der Waals surface area contributed by atoms with Gasteiger partial charge in [-0.2, -0.15) is 0 Å². The third kappa shape index (κ3) is 5.04. The van der Waals surface area contributed by atoms with Gasteiger partial charge in [-0.05, 0) is 12.3 Å². The van der Waals surface area contributed by atoms with E-state index in [9.17, 15) is 9.59 Å². The molecule has 6 nitrogen and oxygen atoms in total. The number of aliphatic hydroxyl groups excluding tert-OH is 1. The molecule has 17 heavy (non-hydrogen) atoms. The molecule has 4 N–H and O–H groups in total. The summed E-state index contributed by atoms with van der Waals surface area (Å²) in [6.07, 6.45) is 4.70. The van der Waals surface area contributed by atoms with E-state index < -0.39 is 18.0 Å². The largest absolute Gasteiger partial charge is 0.480 e. The molecular formula is C11H20N2O4. The van der Waals surface area contributed by atoms with Gasteiger partial charge in [0.1, 0.15) is 6.04 Å². The van der Waals surface area contributed by atoms with Crippen LogP contribution in [0.4, 0.5) is 4.79 Å². The molecule has 0 aromatic heterocycles. The summed E-state index contributed by atoms with van der Waals surface area (Å²) in [5.74, 6) is -0.420. The first-order chi connectivity index (χ1) is 8.13. The zero-order valence-corrected chi connectivity index (χ0v) is 9.82. The van der Waals surface area contributed by atoms with Gasteiger partial charge >= 0.3 is 12.0 Å². The minimum atomic E-state index is -1.13. The smallest absolute Gasteiger partial charge is 0.326 e. The number of aliphatic hydroxyl groups is 1. The minimum absolute atomic E-state index is 0.0192. The molecule has 1 aliphatic carbocycles. The number of hydrogen-bond donors (Lipinski definition) is 4. The first kappa shape index (κ1) is 13.8. The molecule has 0 aliphatic heterocycles. The lowest BCUT2D eigenvalue weighted by molar-refractivity contribution is -0.139. The number of hydrogen-bond acceptors (Lipinski definition) is 3. The fourth-order valence-electron chi connectivity index (χ4n) is 1.77. The fraction of sp³-hybridized carbons (Fsp3) is 0.818. The first-order valence-electron chi connectivity index (χ1n) is 6.01. The number of urea groups is 1. The average molecular weight is 244 g/mol. The Hall–Kier alpha value is -1.30. The van der Waals surface area contributed by atoms with Crippen LogP contribution < -0.4 is 10.6 Å². The van der Waals surface area contributed by atoms with E-state index in [-0.39, 0.29) is 13.0 Å². The highest BCUT2D eigenvalue weighted by molar-refractivity contribution is 5.82. The van der Waals surface area contributed by atoms with Crippen LogP contribution in [0.15, 0.2) is 0 Å². The van der Waals surface area contributed by atoms with Gasteiger partial charge < -0.3 is 20.8 Å². The highest BCUT2D eigenvalue weighted by Crippen LogP contribution is 2.28. The molecule has 0 aromatic carbocycles. The molecule has 1 saturated carbocycles. The van der Waals surface area contributed by atoms with Gasteiger partial charge in [0.2, 0.25) is 0 Å².